The second kappa shape index (κ2) is 4.88. The zero-order valence-electron chi connectivity index (χ0n) is 10.5. The van der Waals surface area contributed by atoms with Crippen LogP contribution >= 0.6 is 12.2 Å². The van der Waals surface area contributed by atoms with E-state index in [1.807, 2.05) is 4.68 Å². The second-order valence-corrected chi connectivity index (χ2v) is 5.31. The van der Waals surface area contributed by atoms with Gasteiger partial charge in [-0.2, -0.15) is 0 Å². The van der Waals surface area contributed by atoms with Crippen molar-refractivity contribution >= 4 is 12.2 Å². The Morgan fingerprint density at radius 1 is 1.24 bits per heavy atom. The average molecular weight is 246 g/mol. The van der Waals surface area contributed by atoms with Gasteiger partial charge >= 0.3 is 0 Å². The van der Waals surface area contributed by atoms with Gasteiger partial charge in [-0.25, -0.2) is 4.68 Å². The maximum Gasteiger partial charge on any atom is 0.127 e. The first-order valence-electron chi connectivity index (χ1n) is 5.94. The van der Waals surface area contributed by atoms with Crippen molar-refractivity contribution in [1.29, 1.82) is 0 Å². The Hall–Kier alpha value is -1.35. The Balaban J connectivity index is 2.36. The van der Waals surface area contributed by atoms with Gasteiger partial charge < -0.3 is 0 Å². The number of nitrogens with zero attached hydrogens (tertiary/aromatic N) is 1. The van der Waals surface area contributed by atoms with Gasteiger partial charge in [-0.1, -0.05) is 43.8 Å². The number of nitrogens with one attached hydrogen (secondary N) is 1. The number of H-pyrrole nitrogens is 1. The van der Waals surface area contributed by atoms with Crippen molar-refractivity contribution in [2.45, 2.75) is 27.2 Å². The van der Waals surface area contributed by atoms with Crippen LogP contribution in [0.1, 0.15) is 25.1 Å². The summed E-state index contributed by atoms with van der Waals surface area (Å²) in [5.74, 6) is 0.634. The summed E-state index contributed by atoms with van der Waals surface area (Å²) in [5.41, 5.74) is 3.55. The number of aromatic nitrogens is 2. The minimum absolute atomic E-state index is 0.634. The molecule has 0 fully saturated rings. The lowest BCUT2D eigenvalue weighted by Gasteiger charge is -2.04. The molecule has 0 saturated carbocycles. The normalized spacial score (nSPS) is 11.1. The van der Waals surface area contributed by atoms with Gasteiger partial charge in [-0.05, 0) is 37.5 Å². The molecule has 0 amide bonds. The Bertz CT molecular complexity index is 546. The fourth-order valence-corrected chi connectivity index (χ4v) is 2.17. The van der Waals surface area contributed by atoms with Crippen molar-refractivity contribution in [2.24, 2.45) is 5.92 Å². The van der Waals surface area contributed by atoms with Crippen LogP contribution in [0.25, 0.3) is 5.69 Å². The Morgan fingerprint density at radius 2 is 1.88 bits per heavy atom. The van der Waals surface area contributed by atoms with E-state index in [9.17, 15) is 0 Å². The SMILES string of the molecule is Cc1ccc(-n2[nH]c(CC(C)C)cc2=S)cc1. The van der Waals surface area contributed by atoms with Gasteiger partial charge in [-0.3, -0.25) is 5.10 Å². The van der Waals surface area contributed by atoms with E-state index >= 15 is 0 Å². The molecule has 0 saturated heterocycles. The number of aromatic amines is 1. The summed E-state index contributed by atoms with van der Waals surface area (Å²) in [5, 5.41) is 3.36. The summed E-state index contributed by atoms with van der Waals surface area (Å²) in [4.78, 5) is 0. The zero-order chi connectivity index (χ0) is 12.4. The number of hydrogen-bond donors (Lipinski definition) is 1. The number of hydrogen-bond acceptors (Lipinski definition) is 1. The average Bonchev–Trinajstić information content (AvgIpc) is 2.59. The van der Waals surface area contributed by atoms with Crippen LogP contribution in [0.2, 0.25) is 0 Å². The van der Waals surface area contributed by atoms with E-state index in [4.69, 9.17) is 12.2 Å². The summed E-state index contributed by atoms with van der Waals surface area (Å²) >= 11 is 5.37. The predicted molar refractivity (Wildman–Crippen MR) is 74.2 cm³/mol. The molecule has 0 radical (unpaired) electrons. The van der Waals surface area contributed by atoms with Crippen LogP contribution in [0.4, 0.5) is 0 Å². The fraction of sp³-hybridized carbons (Fsp3) is 0.357. The third-order valence-corrected chi connectivity index (χ3v) is 2.99. The molecule has 0 spiro atoms. The Kier molecular flexibility index (Phi) is 3.48. The minimum Gasteiger partial charge on any atom is -0.297 e. The van der Waals surface area contributed by atoms with Crippen LogP contribution in [-0.4, -0.2) is 9.78 Å². The summed E-state index contributed by atoms with van der Waals surface area (Å²) in [7, 11) is 0. The lowest BCUT2D eigenvalue weighted by molar-refractivity contribution is 0.628. The van der Waals surface area contributed by atoms with Crippen molar-refractivity contribution in [3.8, 4) is 5.69 Å². The van der Waals surface area contributed by atoms with Crippen LogP contribution in [0, 0.1) is 17.5 Å². The van der Waals surface area contributed by atoms with Gasteiger partial charge in [0.2, 0.25) is 0 Å². The molecule has 90 valence electrons. The van der Waals surface area contributed by atoms with Crippen LogP contribution in [0.15, 0.2) is 30.3 Å². The first-order valence-corrected chi connectivity index (χ1v) is 6.35. The van der Waals surface area contributed by atoms with E-state index in [1.165, 1.54) is 11.3 Å². The van der Waals surface area contributed by atoms with E-state index in [1.54, 1.807) is 0 Å². The quantitative estimate of drug-likeness (QED) is 0.811. The van der Waals surface area contributed by atoms with Crippen LogP contribution in [0.5, 0.6) is 0 Å². The highest BCUT2D eigenvalue weighted by Crippen LogP contribution is 2.13. The molecule has 2 nitrogen and oxygen atoms in total. The molecule has 2 aromatic rings. The number of benzene rings is 1. The lowest BCUT2D eigenvalue weighted by Crippen LogP contribution is -1.99. The topological polar surface area (TPSA) is 20.7 Å². The van der Waals surface area contributed by atoms with Gasteiger partial charge in [0.15, 0.2) is 0 Å². The molecule has 17 heavy (non-hydrogen) atoms. The standard InChI is InChI=1S/C14H18N2S/c1-10(2)8-12-9-14(17)16(15-12)13-6-4-11(3)5-7-13/h4-7,9-10,15H,8H2,1-3H3. The molecule has 3 heteroatoms. The van der Waals surface area contributed by atoms with Crippen LogP contribution < -0.4 is 0 Å². The molecular weight excluding hydrogens is 228 g/mol. The molecule has 1 heterocycles. The maximum atomic E-state index is 5.37. The van der Waals surface area contributed by atoms with Crippen LogP contribution in [-0.2, 0) is 6.42 Å². The van der Waals surface area contributed by atoms with E-state index in [2.05, 4.69) is 56.2 Å². The van der Waals surface area contributed by atoms with Gasteiger partial charge in [-0.15, -0.1) is 0 Å². The lowest BCUT2D eigenvalue weighted by atomic mass is 10.1. The van der Waals surface area contributed by atoms with Gasteiger partial charge in [0.1, 0.15) is 4.64 Å². The highest BCUT2D eigenvalue weighted by Gasteiger charge is 2.04. The third-order valence-electron chi connectivity index (χ3n) is 2.69. The monoisotopic (exact) mass is 246 g/mol. The predicted octanol–water partition coefficient (Wildman–Crippen LogP) is 4.04. The molecule has 0 aliphatic heterocycles. The first kappa shape index (κ1) is 12.1. The number of rotatable bonds is 3. The molecule has 0 unspecified atom stereocenters. The molecule has 0 bridgehead atoms. The molecular formula is C14H18N2S. The molecule has 1 aromatic carbocycles. The fourth-order valence-electron chi connectivity index (χ4n) is 1.87. The van der Waals surface area contributed by atoms with Crippen molar-refractivity contribution in [2.75, 3.05) is 0 Å². The summed E-state index contributed by atoms with van der Waals surface area (Å²) in [6.07, 6.45) is 1.03. The minimum atomic E-state index is 0.634. The third kappa shape index (κ3) is 2.86. The van der Waals surface area contributed by atoms with Gasteiger partial charge in [0.05, 0.1) is 5.69 Å². The smallest absolute Gasteiger partial charge is 0.127 e. The molecule has 0 aliphatic carbocycles. The molecule has 1 N–H and O–H groups in total. The van der Waals surface area contributed by atoms with E-state index < -0.39 is 0 Å². The van der Waals surface area contributed by atoms with Crippen molar-refractivity contribution in [3.63, 3.8) is 0 Å². The molecule has 0 aliphatic rings. The van der Waals surface area contributed by atoms with E-state index in [-0.39, 0.29) is 0 Å². The zero-order valence-corrected chi connectivity index (χ0v) is 11.3. The van der Waals surface area contributed by atoms with Crippen molar-refractivity contribution in [3.05, 3.63) is 46.2 Å². The highest BCUT2D eigenvalue weighted by molar-refractivity contribution is 7.71. The van der Waals surface area contributed by atoms with E-state index in [0.717, 1.165) is 16.7 Å². The summed E-state index contributed by atoms with van der Waals surface area (Å²) in [6.45, 7) is 6.50. The van der Waals surface area contributed by atoms with Crippen molar-refractivity contribution in [1.82, 2.24) is 9.78 Å². The Morgan fingerprint density at radius 3 is 2.47 bits per heavy atom. The largest absolute Gasteiger partial charge is 0.297 e. The van der Waals surface area contributed by atoms with Crippen molar-refractivity contribution < 1.29 is 0 Å². The molecule has 0 atom stereocenters. The van der Waals surface area contributed by atoms with E-state index in [0.29, 0.717) is 5.92 Å². The van der Waals surface area contributed by atoms with Crippen LogP contribution in [0.3, 0.4) is 0 Å². The number of aryl methyl sites for hydroxylation is 1. The summed E-state index contributed by atoms with van der Waals surface area (Å²) in [6, 6.07) is 10.4. The maximum absolute atomic E-state index is 5.37. The van der Waals surface area contributed by atoms with Gasteiger partial charge in [0, 0.05) is 5.69 Å². The first-order chi connectivity index (χ1) is 8.06. The summed E-state index contributed by atoms with van der Waals surface area (Å²) < 4.78 is 2.80. The molecule has 2 rings (SSSR count). The second-order valence-electron chi connectivity index (χ2n) is 4.89. The Labute approximate surface area is 107 Å². The van der Waals surface area contributed by atoms with Gasteiger partial charge in [0.25, 0.3) is 0 Å². The molecule has 1 aromatic heterocycles. The highest BCUT2D eigenvalue weighted by atomic mass is 32.1.